The molecule has 134 valence electrons. The zero-order valence-corrected chi connectivity index (χ0v) is 15.1. The molecule has 3 fully saturated rings. The molecule has 1 heterocycles. The number of rotatable bonds is 5. The number of ether oxygens (including phenoxy) is 1. The van der Waals surface area contributed by atoms with Crippen LogP contribution in [0.25, 0.3) is 0 Å². The van der Waals surface area contributed by atoms with Crippen molar-refractivity contribution in [1.29, 1.82) is 0 Å². The predicted octanol–water partition coefficient (Wildman–Crippen LogP) is 4.39. The van der Waals surface area contributed by atoms with Crippen LogP contribution >= 0.6 is 0 Å². The van der Waals surface area contributed by atoms with Crippen LogP contribution in [0.4, 0.5) is 9.18 Å². The normalized spacial score (nSPS) is 29.9. The number of carbonyl (C=O) groups is 2. The Kier molecular flexibility index (Phi) is 4.47. The van der Waals surface area contributed by atoms with Gasteiger partial charge in [0.25, 0.3) is 0 Å². The molecule has 1 saturated heterocycles. The largest absolute Gasteiger partial charge is 0.444 e. The Bertz CT molecular complexity index is 574. The summed E-state index contributed by atoms with van der Waals surface area (Å²) in [5.41, 5.74) is 0.231. The van der Waals surface area contributed by atoms with Crippen molar-refractivity contribution in [3.8, 4) is 0 Å². The Labute approximate surface area is 143 Å². The van der Waals surface area contributed by atoms with Crippen LogP contribution in [0, 0.1) is 11.8 Å². The molecule has 0 radical (unpaired) electrons. The molecule has 0 N–H and O–H groups in total. The second-order valence-electron chi connectivity index (χ2n) is 8.53. The minimum atomic E-state index is -0.576. The third-order valence-electron chi connectivity index (χ3n) is 5.29. The summed E-state index contributed by atoms with van der Waals surface area (Å²) in [6.45, 7) is 7.30. The summed E-state index contributed by atoms with van der Waals surface area (Å²) >= 11 is 0. The molecule has 4 nitrogen and oxygen atoms in total. The summed E-state index contributed by atoms with van der Waals surface area (Å²) in [5.74, 6) is 0.627. The smallest absolute Gasteiger partial charge is 0.411 e. The second kappa shape index (κ2) is 6.16. The van der Waals surface area contributed by atoms with Gasteiger partial charge in [-0.2, -0.15) is 0 Å². The maximum absolute atomic E-state index is 14.1. The fraction of sp³-hybridized carbons (Fsp3) is 0.789. The lowest BCUT2D eigenvalue weighted by Gasteiger charge is -2.29. The first-order valence-corrected chi connectivity index (χ1v) is 9.06. The lowest BCUT2D eigenvalue weighted by molar-refractivity contribution is -0.124. The van der Waals surface area contributed by atoms with Gasteiger partial charge in [0.2, 0.25) is 0 Å². The van der Waals surface area contributed by atoms with Crippen LogP contribution in [0.3, 0.4) is 0 Å². The van der Waals surface area contributed by atoms with Crippen LogP contribution in [-0.4, -0.2) is 34.5 Å². The van der Waals surface area contributed by atoms with E-state index >= 15 is 0 Å². The van der Waals surface area contributed by atoms with Crippen molar-refractivity contribution in [2.24, 2.45) is 11.8 Å². The Hall–Kier alpha value is -1.39. The standard InChI is InChI=1S/C19H28FNO3/c1-11(12-5-6-12)14(20)7-8-17(22)16-10-13-9-15(13)21(16)18(23)24-19(2,3)4/h12-13,15-16H,5-10H2,1-4H3/t13-,15-,16+/m1/s1. The van der Waals surface area contributed by atoms with Crippen molar-refractivity contribution >= 4 is 11.9 Å². The lowest BCUT2D eigenvalue weighted by atomic mass is 10.0. The van der Waals surface area contributed by atoms with Gasteiger partial charge in [0.15, 0.2) is 5.78 Å². The van der Waals surface area contributed by atoms with E-state index in [0.717, 1.165) is 24.8 Å². The van der Waals surface area contributed by atoms with Gasteiger partial charge in [-0.1, -0.05) is 0 Å². The van der Waals surface area contributed by atoms with E-state index in [-0.39, 0.29) is 30.5 Å². The van der Waals surface area contributed by atoms with E-state index in [0.29, 0.717) is 18.3 Å². The fourth-order valence-corrected chi connectivity index (χ4v) is 3.66. The topological polar surface area (TPSA) is 46.6 Å². The summed E-state index contributed by atoms with van der Waals surface area (Å²) in [5, 5.41) is 0. The average molecular weight is 337 g/mol. The minimum absolute atomic E-state index is 0.0354. The van der Waals surface area contributed by atoms with E-state index in [4.69, 9.17) is 4.74 Å². The molecule has 3 rings (SSSR count). The highest BCUT2D eigenvalue weighted by Gasteiger charge is 2.56. The zero-order chi connectivity index (χ0) is 17.6. The summed E-state index contributed by atoms with van der Waals surface area (Å²) in [6, 6.07) is -0.292. The van der Waals surface area contributed by atoms with Crippen LogP contribution in [0.15, 0.2) is 11.4 Å². The molecule has 0 aromatic rings. The van der Waals surface area contributed by atoms with Crippen molar-refractivity contribution in [1.82, 2.24) is 4.90 Å². The second-order valence-corrected chi connectivity index (χ2v) is 8.53. The lowest BCUT2D eigenvalue weighted by Crippen LogP contribution is -2.45. The number of halogens is 1. The van der Waals surface area contributed by atoms with Crippen LogP contribution < -0.4 is 0 Å². The Morgan fingerprint density at radius 3 is 2.42 bits per heavy atom. The Balaban J connectivity index is 1.59. The molecule has 2 aliphatic carbocycles. The van der Waals surface area contributed by atoms with Gasteiger partial charge in [-0.25, -0.2) is 9.18 Å². The maximum atomic E-state index is 14.1. The molecule has 2 saturated carbocycles. The van der Waals surface area contributed by atoms with Crippen molar-refractivity contribution in [2.45, 2.75) is 83.9 Å². The number of Topliss-reactive ketones (excluding diaryl/α,β-unsaturated/α-hetero) is 1. The maximum Gasteiger partial charge on any atom is 0.411 e. The van der Waals surface area contributed by atoms with Gasteiger partial charge in [0, 0.05) is 18.9 Å². The van der Waals surface area contributed by atoms with Crippen LogP contribution in [-0.2, 0) is 9.53 Å². The van der Waals surface area contributed by atoms with E-state index in [9.17, 15) is 14.0 Å². The molecule has 0 spiro atoms. The van der Waals surface area contributed by atoms with Crippen molar-refractivity contribution in [3.05, 3.63) is 11.4 Å². The zero-order valence-electron chi connectivity index (χ0n) is 15.1. The summed E-state index contributed by atoms with van der Waals surface area (Å²) in [7, 11) is 0. The van der Waals surface area contributed by atoms with Crippen LogP contribution in [0.1, 0.15) is 66.2 Å². The highest BCUT2D eigenvalue weighted by Crippen LogP contribution is 2.49. The van der Waals surface area contributed by atoms with E-state index in [1.807, 2.05) is 27.7 Å². The van der Waals surface area contributed by atoms with Gasteiger partial charge in [-0.15, -0.1) is 0 Å². The fourth-order valence-electron chi connectivity index (χ4n) is 3.66. The number of ketones is 1. The summed E-state index contributed by atoms with van der Waals surface area (Å²) in [6.07, 6.45) is 3.70. The van der Waals surface area contributed by atoms with Gasteiger partial charge >= 0.3 is 6.09 Å². The molecule has 3 aliphatic rings. The first-order chi connectivity index (χ1) is 11.2. The summed E-state index contributed by atoms with van der Waals surface area (Å²) in [4.78, 5) is 26.6. The first kappa shape index (κ1) is 17.4. The summed E-state index contributed by atoms with van der Waals surface area (Å²) < 4.78 is 19.6. The first-order valence-electron chi connectivity index (χ1n) is 9.06. The molecule has 3 atom stereocenters. The van der Waals surface area contributed by atoms with Gasteiger partial charge in [0.05, 0.1) is 11.9 Å². The third-order valence-corrected chi connectivity index (χ3v) is 5.29. The highest BCUT2D eigenvalue weighted by molar-refractivity contribution is 5.89. The van der Waals surface area contributed by atoms with Crippen molar-refractivity contribution in [3.63, 3.8) is 0 Å². The Morgan fingerprint density at radius 1 is 1.17 bits per heavy atom. The molecule has 1 aliphatic heterocycles. The number of fused-ring (bicyclic) bond motifs is 1. The monoisotopic (exact) mass is 337 g/mol. The van der Waals surface area contributed by atoms with E-state index in [1.165, 1.54) is 0 Å². The molecular formula is C19H28FNO3. The number of piperidine rings is 1. The molecule has 0 unspecified atom stereocenters. The Morgan fingerprint density at radius 2 is 1.83 bits per heavy atom. The van der Waals surface area contributed by atoms with Crippen LogP contribution in [0.5, 0.6) is 0 Å². The molecule has 0 bridgehead atoms. The van der Waals surface area contributed by atoms with Crippen molar-refractivity contribution < 1.29 is 18.7 Å². The minimum Gasteiger partial charge on any atom is -0.444 e. The number of hydrogen-bond donors (Lipinski definition) is 0. The quantitative estimate of drug-likeness (QED) is 0.747. The SMILES string of the molecule is CC(=C(F)CCC(=O)[C@@H]1C[C@H]2C[C@H]2N1C(=O)OC(C)(C)C)C1CC1. The van der Waals surface area contributed by atoms with Crippen molar-refractivity contribution in [2.75, 3.05) is 0 Å². The van der Waals surface area contributed by atoms with Gasteiger partial charge < -0.3 is 4.74 Å². The van der Waals surface area contributed by atoms with E-state index < -0.39 is 17.7 Å². The highest BCUT2D eigenvalue weighted by atomic mass is 19.1. The number of allylic oxidation sites excluding steroid dienone is 2. The molecule has 24 heavy (non-hydrogen) atoms. The number of nitrogens with zero attached hydrogens (tertiary/aromatic N) is 1. The number of amides is 1. The molecule has 1 amide bonds. The predicted molar refractivity (Wildman–Crippen MR) is 89.1 cm³/mol. The molecular weight excluding hydrogens is 309 g/mol. The van der Waals surface area contributed by atoms with Gasteiger partial charge in [-0.3, -0.25) is 9.69 Å². The van der Waals surface area contributed by atoms with E-state index in [1.54, 1.807) is 4.90 Å². The molecule has 0 aromatic heterocycles. The average Bonchev–Trinajstić information content (AvgIpc) is 3.39. The number of hydrogen-bond acceptors (Lipinski definition) is 3. The van der Waals surface area contributed by atoms with Gasteiger partial charge in [0.1, 0.15) is 5.60 Å². The number of carbonyl (C=O) groups excluding carboxylic acids is 2. The molecule has 0 aromatic carbocycles. The third kappa shape index (κ3) is 3.81. The van der Waals surface area contributed by atoms with E-state index in [2.05, 4.69) is 0 Å². The molecule has 5 heteroatoms. The van der Waals surface area contributed by atoms with Gasteiger partial charge in [-0.05, 0) is 70.8 Å². The van der Waals surface area contributed by atoms with Crippen LogP contribution in [0.2, 0.25) is 0 Å². The number of likely N-dealkylation sites (tertiary alicyclic amines) is 1.